The highest BCUT2D eigenvalue weighted by atomic mass is 32.2. The molecule has 0 radical (unpaired) electrons. The molecule has 1 aromatic heterocycles. The summed E-state index contributed by atoms with van der Waals surface area (Å²) in [6.07, 6.45) is -0.211. The first kappa shape index (κ1) is 22.5. The van der Waals surface area contributed by atoms with E-state index in [0.717, 1.165) is 29.8 Å². The number of benzene rings is 2. The minimum Gasteiger partial charge on any atom is -0.273 e. The lowest BCUT2D eigenvalue weighted by atomic mass is 10.2. The molecule has 0 aliphatic heterocycles. The van der Waals surface area contributed by atoms with Crippen molar-refractivity contribution in [2.45, 2.75) is 18.2 Å². The number of aryl methyl sites for hydroxylation is 1. The van der Waals surface area contributed by atoms with Crippen LogP contribution in [-0.2, 0) is 14.8 Å². The van der Waals surface area contributed by atoms with E-state index < -0.39 is 27.7 Å². The zero-order chi connectivity index (χ0) is 22.4. The first-order valence-corrected chi connectivity index (χ1v) is 11.4. The van der Waals surface area contributed by atoms with Gasteiger partial charge in [0, 0.05) is 18.5 Å². The Bertz CT molecular complexity index is 1180. The summed E-state index contributed by atoms with van der Waals surface area (Å²) in [4.78, 5) is 28.9. The van der Waals surface area contributed by atoms with Gasteiger partial charge in [-0.2, -0.15) is 0 Å². The lowest BCUT2D eigenvalue weighted by molar-refractivity contribution is -0.121. The number of aromatic nitrogens is 1. The third-order valence-corrected chi connectivity index (χ3v) is 6.79. The lowest BCUT2D eigenvalue weighted by Crippen LogP contribution is -2.42. The molecule has 0 aliphatic carbocycles. The summed E-state index contributed by atoms with van der Waals surface area (Å²) in [5, 5.41) is 0.685. The highest BCUT2D eigenvalue weighted by molar-refractivity contribution is 7.89. The zero-order valence-corrected chi connectivity index (χ0v) is 18.0. The Balaban J connectivity index is 1.49. The number of sulfonamides is 1. The van der Waals surface area contributed by atoms with Crippen molar-refractivity contribution in [1.82, 2.24) is 20.6 Å². The molecule has 0 saturated heterocycles. The Kier molecular flexibility index (Phi) is 7.10. The third-order valence-electron chi connectivity index (χ3n) is 4.11. The van der Waals surface area contributed by atoms with Gasteiger partial charge >= 0.3 is 0 Å². The molecule has 0 fully saturated rings. The fraction of sp³-hybridized carbons (Fsp3) is 0.150. The van der Waals surface area contributed by atoms with E-state index in [1.54, 1.807) is 6.92 Å². The van der Waals surface area contributed by atoms with Crippen LogP contribution in [0.5, 0.6) is 0 Å². The Hall–Kier alpha value is -3.15. The van der Waals surface area contributed by atoms with Gasteiger partial charge in [0.15, 0.2) is 0 Å². The van der Waals surface area contributed by atoms with Gasteiger partial charge in [-0.1, -0.05) is 30.3 Å². The molecular formula is C20H19FN4O4S2. The van der Waals surface area contributed by atoms with Crippen molar-refractivity contribution < 1.29 is 22.4 Å². The first-order chi connectivity index (χ1) is 14.8. The minimum atomic E-state index is -3.87. The molecule has 0 spiro atoms. The second kappa shape index (κ2) is 9.77. The van der Waals surface area contributed by atoms with Crippen molar-refractivity contribution in [2.24, 2.45) is 0 Å². The van der Waals surface area contributed by atoms with Crippen LogP contribution in [0.4, 0.5) is 4.39 Å². The van der Waals surface area contributed by atoms with Crippen molar-refractivity contribution in [3.05, 3.63) is 71.0 Å². The summed E-state index contributed by atoms with van der Waals surface area (Å²) < 4.78 is 39.3. The molecule has 0 atom stereocenters. The normalized spacial score (nSPS) is 11.2. The highest BCUT2D eigenvalue weighted by Crippen LogP contribution is 2.27. The zero-order valence-electron chi connectivity index (χ0n) is 16.4. The summed E-state index contributed by atoms with van der Waals surface area (Å²) in [5.74, 6) is -1.65. The molecule has 31 heavy (non-hydrogen) atoms. The maximum Gasteiger partial charge on any atom is 0.281 e. The fourth-order valence-corrected chi connectivity index (χ4v) is 4.55. The number of amides is 2. The van der Waals surface area contributed by atoms with Gasteiger partial charge in [-0.15, -0.1) is 11.3 Å². The van der Waals surface area contributed by atoms with Gasteiger partial charge in [-0.25, -0.2) is 22.5 Å². The Morgan fingerprint density at radius 1 is 1.03 bits per heavy atom. The number of rotatable bonds is 7. The number of nitrogens with zero attached hydrogens (tertiary/aromatic N) is 1. The maximum atomic E-state index is 12.9. The Labute approximate surface area is 182 Å². The summed E-state index contributed by atoms with van der Waals surface area (Å²) in [5.41, 5.74) is 5.96. The summed E-state index contributed by atoms with van der Waals surface area (Å²) in [6.45, 7) is 1.50. The van der Waals surface area contributed by atoms with Crippen LogP contribution in [0.25, 0.3) is 10.6 Å². The predicted octanol–water partition coefficient (Wildman–Crippen LogP) is 2.39. The molecule has 8 nitrogen and oxygen atoms in total. The van der Waals surface area contributed by atoms with Crippen molar-refractivity contribution in [3.8, 4) is 10.6 Å². The van der Waals surface area contributed by atoms with E-state index in [1.807, 2.05) is 30.3 Å². The number of carbonyl (C=O) groups is 2. The summed E-state index contributed by atoms with van der Waals surface area (Å²) in [6, 6.07) is 13.7. The number of hydrazine groups is 1. The summed E-state index contributed by atoms with van der Waals surface area (Å²) >= 11 is 1.20. The Morgan fingerprint density at radius 2 is 1.71 bits per heavy atom. The molecule has 0 saturated carbocycles. The number of carbonyl (C=O) groups excluding carboxylic acids is 2. The van der Waals surface area contributed by atoms with Crippen LogP contribution >= 0.6 is 11.3 Å². The monoisotopic (exact) mass is 462 g/mol. The molecule has 3 N–H and O–H groups in total. The van der Waals surface area contributed by atoms with Gasteiger partial charge in [0.25, 0.3) is 5.91 Å². The third kappa shape index (κ3) is 5.94. The number of thiazole rings is 1. The van der Waals surface area contributed by atoms with Crippen molar-refractivity contribution in [1.29, 1.82) is 0 Å². The quantitative estimate of drug-likeness (QED) is 0.466. The molecule has 2 aromatic carbocycles. The van der Waals surface area contributed by atoms with Crippen molar-refractivity contribution >= 4 is 33.2 Å². The van der Waals surface area contributed by atoms with Crippen molar-refractivity contribution in [2.75, 3.05) is 6.54 Å². The summed E-state index contributed by atoms with van der Waals surface area (Å²) in [7, 11) is -3.87. The topological polar surface area (TPSA) is 117 Å². The van der Waals surface area contributed by atoms with Gasteiger partial charge in [-0.3, -0.25) is 20.4 Å². The average molecular weight is 463 g/mol. The molecule has 11 heteroatoms. The predicted molar refractivity (Wildman–Crippen MR) is 114 cm³/mol. The molecule has 0 unspecified atom stereocenters. The van der Waals surface area contributed by atoms with Crippen LogP contribution in [0.1, 0.15) is 21.8 Å². The van der Waals surface area contributed by atoms with E-state index >= 15 is 0 Å². The molecular weight excluding hydrogens is 443 g/mol. The lowest BCUT2D eigenvalue weighted by Gasteiger charge is -2.08. The van der Waals surface area contributed by atoms with E-state index in [1.165, 1.54) is 11.3 Å². The molecule has 162 valence electrons. The van der Waals surface area contributed by atoms with E-state index in [9.17, 15) is 22.4 Å². The average Bonchev–Trinajstić information content (AvgIpc) is 3.14. The van der Waals surface area contributed by atoms with E-state index in [0.29, 0.717) is 15.6 Å². The largest absolute Gasteiger partial charge is 0.281 e. The van der Waals surface area contributed by atoms with Gasteiger partial charge in [0.2, 0.25) is 15.9 Å². The van der Waals surface area contributed by atoms with Crippen LogP contribution in [0, 0.1) is 12.7 Å². The van der Waals surface area contributed by atoms with Crippen molar-refractivity contribution in [3.63, 3.8) is 0 Å². The molecule has 3 aromatic rings. The standard InChI is InChI=1S/C20H19FN4O4S2/c1-13-18(30-20(23-13)14-5-3-2-4-6-14)19(27)25-24-17(26)11-12-22-31(28,29)16-9-7-15(21)8-10-16/h2-10,22H,11-12H2,1H3,(H,24,26)(H,25,27). The van der Waals surface area contributed by atoms with Gasteiger partial charge in [-0.05, 0) is 31.2 Å². The minimum absolute atomic E-state index is 0.113. The van der Waals surface area contributed by atoms with Gasteiger partial charge < -0.3 is 0 Å². The number of hydrogen-bond donors (Lipinski definition) is 3. The SMILES string of the molecule is Cc1nc(-c2ccccc2)sc1C(=O)NNC(=O)CCNS(=O)(=O)c1ccc(F)cc1. The van der Waals surface area contributed by atoms with E-state index in [4.69, 9.17) is 0 Å². The Morgan fingerprint density at radius 3 is 2.39 bits per heavy atom. The van der Waals surface area contributed by atoms with Gasteiger partial charge in [0.1, 0.15) is 15.7 Å². The van der Waals surface area contributed by atoms with E-state index in [2.05, 4.69) is 20.6 Å². The number of nitrogens with one attached hydrogen (secondary N) is 3. The molecule has 1 heterocycles. The van der Waals surface area contributed by atoms with Crippen LogP contribution in [0.15, 0.2) is 59.5 Å². The maximum absolute atomic E-state index is 12.9. The fourth-order valence-electron chi connectivity index (χ4n) is 2.55. The van der Waals surface area contributed by atoms with E-state index in [-0.39, 0.29) is 17.9 Å². The van der Waals surface area contributed by atoms with Crippen LogP contribution < -0.4 is 15.6 Å². The smallest absolute Gasteiger partial charge is 0.273 e. The molecule has 3 rings (SSSR count). The highest BCUT2D eigenvalue weighted by Gasteiger charge is 2.17. The second-order valence-electron chi connectivity index (χ2n) is 6.40. The van der Waals surface area contributed by atoms with Crippen LogP contribution in [0.3, 0.4) is 0 Å². The second-order valence-corrected chi connectivity index (χ2v) is 9.17. The van der Waals surface area contributed by atoms with Crippen LogP contribution in [-0.4, -0.2) is 31.8 Å². The van der Waals surface area contributed by atoms with Crippen LogP contribution in [0.2, 0.25) is 0 Å². The number of hydrogen-bond acceptors (Lipinski definition) is 6. The van der Waals surface area contributed by atoms with Gasteiger partial charge in [0.05, 0.1) is 10.6 Å². The molecule has 0 bridgehead atoms. The number of halogens is 1. The molecule has 0 aliphatic rings. The first-order valence-electron chi connectivity index (χ1n) is 9.13. The molecule has 2 amide bonds.